The van der Waals surface area contributed by atoms with Crippen LogP contribution < -0.4 is 0 Å². The van der Waals surface area contributed by atoms with E-state index in [4.69, 9.17) is 14.2 Å². The van der Waals surface area contributed by atoms with Gasteiger partial charge in [0.05, 0.1) is 0 Å². The predicted molar refractivity (Wildman–Crippen MR) is 307 cm³/mol. The molecular weight excluding hydrogens is 877 g/mol. The summed E-state index contributed by atoms with van der Waals surface area (Å²) in [6.07, 6.45) is 78.2. The Morgan fingerprint density at radius 1 is 0.282 bits per heavy atom. The molecule has 6 heteroatoms. The molecular formula is C65H110O6. The average Bonchev–Trinajstić information content (AvgIpc) is 3.37. The first-order chi connectivity index (χ1) is 35.0. The summed E-state index contributed by atoms with van der Waals surface area (Å²) in [4.78, 5) is 38.2. The second-order valence-electron chi connectivity index (χ2n) is 19.5. The second kappa shape index (κ2) is 58.9. The zero-order valence-corrected chi connectivity index (χ0v) is 46.5. The van der Waals surface area contributed by atoms with Crippen molar-refractivity contribution < 1.29 is 28.6 Å². The molecule has 0 amide bonds. The molecule has 0 aromatic rings. The van der Waals surface area contributed by atoms with Gasteiger partial charge >= 0.3 is 17.9 Å². The highest BCUT2D eigenvalue weighted by molar-refractivity contribution is 5.71. The zero-order chi connectivity index (χ0) is 51.4. The van der Waals surface area contributed by atoms with Crippen LogP contribution in [0, 0.1) is 0 Å². The van der Waals surface area contributed by atoms with Crippen LogP contribution in [-0.2, 0) is 28.6 Å². The minimum absolute atomic E-state index is 0.0957. The number of hydrogen-bond donors (Lipinski definition) is 0. The Labute approximate surface area is 438 Å². The lowest BCUT2D eigenvalue weighted by atomic mass is 10.1. The van der Waals surface area contributed by atoms with Crippen LogP contribution >= 0.6 is 0 Å². The maximum Gasteiger partial charge on any atom is 0.306 e. The van der Waals surface area contributed by atoms with Crippen molar-refractivity contribution in [3.8, 4) is 0 Å². The summed E-state index contributed by atoms with van der Waals surface area (Å²) in [7, 11) is 0. The third kappa shape index (κ3) is 57.1. The maximum atomic E-state index is 12.9. The molecule has 0 aliphatic carbocycles. The van der Waals surface area contributed by atoms with Crippen molar-refractivity contribution in [1.29, 1.82) is 0 Å². The Bertz CT molecular complexity index is 1410. The molecule has 0 N–H and O–H groups in total. The molecule has 1 atom stereocenters. The fraction of sp³-hybridized carbons (Fsp3) is 0.708. The Morgan fingerprint density at radius 3 is 0.803 bits per heavy atom. The van der Waals surface area contributed by atoms with Crippen molar-refractivity contribution in [2.24, 2.45) is 0 Å². The van der Waals surface area contributed by atoms with E-state index in [1.54, 1.807) is 0 Å². The Hall–Kier alpha value is -3.67. The van der Waals surface area contributed by atoms with Crippen molar-refractivity contribution in [3.63, 3.8) is 0 Å². The predicted octanol–water partition coefficient (Wildman–Crippen LogP) is 20.1. The van der Waals surface area contributed by atoms with Gasteiger partial charge in [-0.1, -0.05) is 227 Å². The van der Waals surface area contributed by atoms with Gasteiger partial charge in [0.1, 0.15) is 13.2 Å². The number of unbranched alkanes of at least 4 members (excludes halogenated alkanes) is 26. The summed E-state index contributed by atoms with van der Waals surface area (Å²) >= 11 is 0. The van der Waals surface area contributed by atoms with Gasteiger partial charge in [0.15, 0.2) is 6.10 Å². The molecule has 0 fully saturated rings. The minimum atomic E-state index is -0.800. The van der Waals surface area contributed by atoms with Gasteiger partial charge in [-0.3, -0.25) is 14.4 Å². The molecule has 0 unspecified atom stereocenters. The smallest absolute Gasteiger partial charge is 0.306 e. The molecule has 6 nitrogen and oxygen atoms in total. The molecule has 0 aliphatic heterocycles. The molecule has 0 spiro atoms. The lowest BCUT2D eigenvalue weighted by Crippen LogP contribution is -2.30. The van der Waals surface area contributed by atoms with Crippen LogP contribution in [0.15, 0.2) is 97.2 Å². The number of hydrogen-bond acceptors (Lipinski definition) is 6. The first-order valence-corrected chi connectivity index (χ1v) is 29.7. The fourth-order valence-corrected chi connectivity index (χ4v) is 8.01. The minimum Gasteiger partial charge on any atom is -0.462 e. The molecule has 0 saturated carbocycles. The van der Waals surface area contributed by atoms with Crippen LogP contribution in [0.25, 0.3) is 0 Å². The quantitative estimate of drug-likeness (QED) is 0.0261. The van der Waals surface area contributed by atoms with Gasteiger partial charge in [-0.25, -0.2) is 0 Å². The molecule has 0 rings (SSSR count). The molecule has 0 radical (unpaired) electrons. The van der Waals surface area contributed by atoms with Crippen molar-refractivity contribution in [2.75, 3.05) is 13.2 Å². The fourth-order valence-electron chi connectivity index (χ4n) is 8.01. The Balaban J connectivity index is 4.48. The van der Waals surface area contributed by atoms with Crippen LogP contribution in [0.5, 0.6) is 0 Å². The first kappa shape index (κ1) is 67.3. The summed E-state index contributed by atoms with van der Waals surface area (Å²) in [5.41, 5.74) is 0. The lowest BCUT2D eigenvalue weighted by Gasteiger charge is -2.18. The van der Waals surface area contributed by atoms with Gasteiger partial charge in [0, 0.05) is 19.3 Å². The number of carbonyl (C=O) groups is 3. The SMILES string of the molecule is CCCCC/C=C\C/C=C\C/C=C\C/C=C\CCCCCC(=O)OC[C@@H](COC(=O)CCCCCCCCC/C=C\C/C=C\CCCCC)OC(=O)CCCCCCCCC/C=C\C/C=C\CCCCC. The van der Waals surface area contributed by atoms with E-state index in [0.29, 0.717) is 19.3 Å². The highest BCUT2D eigenvalue weighted by Gasteiger charge is 2.19. The van der Waals surface area contributed by atoms with Crippen LogP contribution in [0.3, 0.4) is 0 Å². The molecule has 0 aromatic heterocycles. The maximum absolute atomic E-state index is 12.9. The summed E-state index contributed by atoms with van der Waals surface area (Å²) in [5, 5.41) is 0. The molecule has 0 aliphatic rings. The van der Waals surface area contributed by atoms with E-state index in [0.717, 1.165) is 109 Å². The van der Waals surface area contributed by atoms with Crippen molar-refractivity contribution in [3.05, 3.63) is 97.2 Å². The number of allylic oxidation sites excluding steroid dienone is 16. The van der Waals surface area contributed by atoms with E-state index in [-0.39, 0.29) is 31.1 Å². The van der Waals surface area contributed by atoms with E-state index in [2.05, 4.69) is 118 Å². The van der Waals surface area contributed by atoms with E-state index in [9.17, 15) is 14.4 Å². The second-order valence-corrected chi connectivity index (χ2v) is 19.5. The Kier molecular flexibility index (Phi) is 55.9. The van der Waals surface area contributed by atoms with E-state index < -0.39 is 6.10 Å². The van der Waals surface area contributed by atoms with Crippen LogP contribution in [-0.4, -0.2) is 37.2 Å². The van der Waals surface area contributed by atoms with Gasteiger partial charge in [-0.15, -0.1) is 0 Å². The number of rotatable bonds is 53. The molecule has 0 saturated heterocycles. The van der Waals surface area contributed by atoms with Crippen molar-refractivity contribution in [1.82, 2.24) is 0 Å². The first-order valence-electron chi connectivity index (χ1n) is 29.7. The third-order valence-electron chi connectivity index (χ3n) is 12.5. The van der Waals surface area contributed by atoms with Gasteiger partial charge in [0.25, 0.3) is 0 Å². The van der Waals surface area contributed by atoms with Crippen molar-refractivity contribution in [2.45, 2.75) is 284 Å². The molecule has 71 heavy (non-hydrogen) atoms. The summed E-state index contributed by atoms with van der Waals surface area (Å²) in [6.45, 7) is 6.53. The largest absolute Gasteiger partial charge is 0.462 e. The average molecular weight is 988 g/mol. The van der Waals surface area contributed by atoms with Crippen molar-refractivity contribution >= 4 is 17.9 Å². The normalized spacial score (nSPS) is 12.8. The number of ether oxygens (including phenoxy) is 3. The summed E-state index contributed by atoms with van der Waals surface area (Å²) in [5.74, 6) is -0.938. The van der Waals surface area contributed by atoms with E-state index in [1.807, 2.05) is 0 Å². The van der Waals surface area contributed by atoms with Crippen LogP contribution in [0.1, 0.15) is 278 Å². The van der Waals surface area contributed by atoms with Crippen LogP contribution in [0.4, 0.5) is 0 Å². The van der Waals surface area contributed by atoms with Gasteiger partial charge < -0.3 is 14.2 Å². The third-order valence-corrected chi connectivity index (χ3v) is 12.5. The molecule has 0 aromatic carbocycles. The lowest BCUT2D eigenvalue weighted by molar-refractivity contribution is -0.167. The molecule has 406 valence electrons. The zero-order valence-electron chi connectivity index (χ0n) is 46.5. The van der Waals surface area contributed by atoms with E-state index >= 15 is 0 Å². The Morgan fingerprint density at radius 2 is 0.507 bits per heavy atom. The summed E-state index contributed by atoms with van der Waals surface area (Å²) < 4.78 is 16.9. The highest BCUT2D eigenvalue weighted by Crippen LogP contribution is 2.14. The highest BCUT2D eigenvalue weighted by atomic mass is 16.6. The number of carbonyl (C=O) groups excluding carboxylic acids is 3. The standard InChI is InChI=1S/C65H110O6/c1-4-7-10-13-16-19-22-25-28-31-32-35-37-40-43-46-49-52-55-58-64(67)70-61-62(71-65(68)59-56-53-50-47-44-41-38-34-30-27-24-21-18-15-12-9-6-3)60-69-63(66)57-54-51-48-45-42-39-36-33-29-26-23-20-17-14-11-8-5-2/h16-21,25-30,32,35,40,43,62H,4-15,22-24,31,33-34,36-39,41-42,44-61H2,1-3H3/b19-16-,20-17-,21-18-,28-25-,29-26-,30-27-,35-32-,43-40-/t62-/m1/s1. The molecule has 0 heterocycles. The van der Waals surface area contributed by atoms with Gasteiger partial charge in [-0.2, -0.15) is 0 Å². The topological polar surface area (TPSA) is 78.9 Å². The monoisotopic (exact) mass is 987 g/mol. The van der Waals surface area contributed by atoms with E-state index in [1.165, 1.54) is 128 Å². The molecule has 0 bridgehead atoms. The number of esters is 3. The van der Waals surface area contributed by atoms with Crippen LogP contribution in [0.2, 0.25) is 0 Å². The summed E-state index contributed by atoms with van der Waals surface area (Å²) in [6, 6.07) is 0. The van der Waals surface area contributed by atoms with Gasteiger partial charge in [0.2, 0.25) is 0 Å². The van der Waals surface area contributed by atoms with Gasteiger partial charge in [-0.05, 0) is 128 Å².